The van der Waals surface area contributed by atoms with Crippen LogP contribution in [0.5, 0.6) is 0 Å². The molecule has 0 radical (unpaired) electrons. The van der Waals surface area contributed by atoms with Crippen molar-refractivity contribution in [1.82, 2.24) is 0 Å². The lowest BCUT2D eigenvalue weighted by Gasteiger charge is -2.19. The first kappa shape index (κ1) is 19.4. The van der Waals surface area contributed by atoms with Crippen LogP contribution in [-0.2, 0) is 16.1 Å². The van der Waals surface area contributed by atoms with Gasteiger partial charge in [0.15, 0.2) is 0 Å². The summed E-state index contributed by atoms with van der Waals surface area (Å²) in [5, 5.41) is 15.2. The minimum atomic E-state index is -0.517. The molecular weight excluding hydrogens is 394 g/mol. The Morgan fingerprint density at radius 1 is 1.07 bits per heavy atom. The first-order chi connectivity index (χ1) is 14.0. The summed E-state index contributed by atoms with van der Waals surface area (Å²) in [7, 11) is 0. The third-order valence-electron chi connectivity index (χ3n) is 5.70. The molecule has 8 heteroatoms. The van der Waals surface area contributed by atoms with Gasteiger partial charge in [0.05, 0.1) is 22.4 Å². The van der Waals surface area contributed by atoms with E-state index in [0.29, 0.717) is 30.1 Å². The minimum Gasteiger partial charge on any atom is -0.375 e. The van der Waals surface area contributed by atoms with Gasteiger partial charge in [-0.1, -0.05) is 42.6 Å². The summed E-state index contributed by atoms with van der Waals surface area (Å²) in [6.45, 7) is 0.311. The summed E-state index contributed by atoms with van der Waals surface area (Å²) in [5.41, 5.74) is 1.17. The highest BCUT2D eigenvalue weighted by Crippen LogP contribution is 2.41. The molecule has 1 aliphatic carbocycles. The van der Waals surface area contributed by atoms with E-state index in [4.69, 9.17) is 11.6 Å². The third kappa shape index (κ3) is 3.58. The van der Waals surface area contributed by atoms with Crippen molar-refractivity contribution in [2.24, 2.45) is 11.8 Å². The van der Waals surface area contributed by atoms with Crippen LogP contribution in [0.1, 0.15) is 31.2 Å². The van der Waals surface area contributed by atoms with E-state index in [2.05, 4.69) is 5.32 Å². The van der Waals surface area contributed by atoms with E-state index in [-0.39, 0.29) is 35.0 Å². The zero-order valence-corrected chi connectivity index (χ0v) is 16.4. The summed E-state index contributed by atoms with van der Waals surface area (Å²) in [6, 6.07) is 11.6. The summed E-state index contributed by atoms with van der Waals surface area (Å²) in [4.78, 5) is 37.8. The molecular formula is C21H20ClN3O4. The molecule has 1 heterocycles. The Kier molecular flexibility index (Phi) is 5.24. The number of imide groups is 1. The number of halogens is 1. The molecule has 2 aliphatic rings. The van der Waals surface area contributed by atoms with Crippen LogP contribution in [0.3, 0.4) is 0 Å². The predicted molar refractivity (Wildman–Crippen MR) is 110 cm³/mol. The number of anilines is 2. The monoisotopic (exact) mass is 413 g/mol. The highest BCUT2D eigenvalue weighted by Gasteiger charge is 2.49. The van der Waals surface area contributed by atoms with Gasteiger partial charge in [-0.3, -0.25) is 19.7 Å². The molecule has 2 fully saturated rings. The van der Waals surface area contributed by atoms with Gasteiger partial charge in [-0.05, 0) is 36.6 Å². The largest absolute Gasteiger partial charge is 0.375 e. The van der Waals surface area contributed by atoms with E-state index >= 15 is 0 Å². The Hall–Kier alpha value is -2.93. The number of rotatable bonds is 5. The number of hydrogen-bond donors (Lipinski definition) is 1. The van der Waals surface area contributed by atoms with Gasteiger partial charge in [0, 0.05) is 17.6 Å². The molecule has 0 unspecified atom stereocenters. The highest BCUT2D eigenvalue weighted by atomic mass is 35.5. The maximum Gasteiger partial charge on any atom is 0.294 e. The van der Waals surface area contributed by atoms with Gasteiger partial charge >= 0.3 is 0 Å². The van der Waals surface area contributed by atoms with Crippen LogP contribution in [0.25, 0.3) is 0 Å². The van der Waals surface area contributed by atoms with E-state index in [1.165, 1.54) is 12.1 Å². The number of nitrogens with one attached hydrogen (secondary N) is 1. The Balaban J connectivity index is 1.61. The van der Waals surface area contributed by atoms with Gasteiger partial charge in [0.1, 0.15) is 5.69 Å². The number of nitro benzene ring substituents is 1. The molecule has 0 aromatic heterocycles. The normalized spacial score (nSPS) is 21.2. The lowest BCUT2D eigenvalue weighted by molar-refractivity contribution is -0.383. The second kappa shape index (κ2) is 7.83. The van der Waals surface area contributed by atoms with Gasteiger partial charge in [-0.2, -0.15) is 0 Å². The third-order valence-corrected chi connectivity index (χ3v) is 6.07. The number of amides is 2. The average Bonchev–Trinajstić information content (AvgIpc) is 2.98. The quantitative estimate of drug-likeness (QED) is 0.441. The second-order valence-electron chi connectivity index (χ2n) is 7.41. The molecule has 1 N–H and O–H groups in total. The lowest BCUT2D eigenvalue weighted by Crippen LogP contribution is -2.30. The topological polar surface area (TPSA) is 92.6 Å². The minimum absolute atomic E-state index is 0.190. The van der Waals surface area contributed by atoms with Gasteiger partial charge < -0.3 is 5.32 Å². The fraction of sp³-hybridized carbons (Fsp3) is 0.333. The molecule has 0 spiro atoms. The van der Waals surface area contributed by atoms with Crippen LogP contribution in [0.15, 0.2) is 42.5 Å². The number of fused-ring (bicyclic) bond motifs is 1. The average molecular weight is 414 g/mol. The number of nitrogens with zero attached hydrogens (tertiary/aromatic N) is 2. The lowest BCUT2D eigenvalue weighted by atomic mass is 9.81. The molecule has 2 aromatic rings. The number of carbonyl (C=O) groups is 2. The maximum atomic E-state index is 12.8. The van der Waals surface area contributed by atoms with Crippen LogP contribution in [0.4, 0.5) is 17.1 Å². The fourth-order valence-electron chi connectivity index (χ4n) is 4.21. The van der Waals surface area contributed by atoms with Crippen molar-refractivity contribution in [3.05, 3.63) is 63.2 Å². The molecule has 2 amide bonds. The molecule has 29 heavy (non-hydrogen) atoms. The molecule has 2 atom stereocenters. The molecule has 4 rings (SSSR count). The Morgan fingerprint density at radius 3 is 2.34 bits per heavy atom. The van der Waals surface area contributed by atoms with Crippen LogP contribution in [-0.4, -0.2) is 16.7 Å². The van der Waals surface area contributed by atoms with E-state index < -0.39 is 4.92 Å². The van der Waals surface area contributed by atoms with Crippen LogP contribution in [0.2, 0.25) is 5.02 Å². The van der Waals surface area contributed by atoms with Crippen molar-refractivity contribution in [1.29, 1.82) is 0 Å². The molecule has 1 saturated heterocycles. The van der Waals surface area contributed by atoms with Crippen LogP contribution < -0.4 is 10.2 Å². The number of benzene rings is 2. The molecule has 150 valence electrons. The summed E-state index contributed by atoms with van der Waals surface area (Å²) in [5.74, 6) is -1.08. The maximum absolute atomic E-state index is 12.8. The zero-order chi connectivity index (χ0) is 20.5. The zero-order valence-electron chi connectivity index (χ0n) is 15.6. The molecule has 1 aliphatic heterocycles. The molecule has 1 saturated carbocycles. The van der Waals surface area contributed by atoms with Crippen molar-refractivity contribution in [2.75, 3.05) is 10.2 Å². The van der Waals surface area contributed by atoms with Crippen molar-refractivity contribution in [3.8, 4) is 0 Å². The standard InChI is InChI=1S/C21H20ClN3O4/c22-17-8-4-1-5-13(17)12-23-18-10-9-14(11-19(18)25(28)29)24-20(26)15-6-2-3-7-16(15)21(24)27/h1,4-5,8-11,15-16,23H,2-3,6-7,12H2/t15-,16+. The van der Waals surface area contributed by atoms with Crippen LogP contribution >= 0.6 is 11.6 Å². The van der Waals surface area contributed by atoms with Crippen molar-refractivity contribution < 1.29 is 14.5 Å². The van der Waals surface area contributed by atoms with Crippen molar-refractivity contribution in [2.45, 2.75) is 32.2 Å². The highest BCUT2D eigenvalue weighted by molar-refractivity contribution is 6.31. The molecule has 2 aromatic carbocycles. The van der Waals surface area contributed by atoms with Crippen molar-refractivity contribution in [3.63, 3.8) is 0 Å². The van der Waals surface area contributed by atoms with Gasteiger partial charge in [0.2, 0.25) is 11.8 Å². The smallest absolute Gasteiger partial charge is 0.294 e. The fourth-order valence-corrected chi connectivity index (χ4v) is 4.41. The van der Waals surface area contributed by atoms with E-state index in [1.807, 2.05) is 18.2 Å². The van der Waals surface area contributed by atoms with Crippen molar-refractivity contribution >= 4 is 40.5 Å². The van der Waals surface area contributed by atoms with E-state index in [1.54, 1.807) is 12.1 Å². The number of nitro groups is 1. The first-order valence-electron chi connectivity index (χ1n) is 9.61. The summed E-state index contributed by atoms with van der Waals surface area (Å²) < 4.78 is 0. The summed E-state index contributed by atoms with van der Waals surface area (Å²) in [6.07, 6.45) is 3.26. The summed E-state index contributed by atoms with van der Waals surface area (Å²) >= 11 is 6.14. The van der Waals surface area contributed by atoms with E-state index in [9.17, 15) is 19.7 Å². The van der Waals surface area contributed by atoms with Gasteiger partial charge in [0.25, 0.3) is 5.69 Å². The Bertz CT molecular complexity index is 970. The first-order valence-corrected chi connectivity index (χ1v) is 9.98. The van der Waals surface area contributed by atoms with Crippen LogP contribution in [0, 0.1) is 22.0 Å². The second-order valence-corrected chi connectivity index (χ2v) is 7.82. The van der Waals surface area contributed by atoms with Gasteiger partial charge in [-0.15, -0.1) is 0 Å². The Labute approximate surface area is 172 Å². The predicted octanol–water partition coefficient (Wildman–Crippen LogP) is 4.54. The number of carbonyl (C=O) groups excluding carboxylic acids is 2. The molecule has 7 nitrogen and oxygen atoms in total. The number of hydrogen-bond acceptors (Lipinski definition) is 5. The SMILES string of the molecule is O=C1[C@H]2CCCC[C@H]2C(=O)N1c1ccc(NCc2ccccc2Cl)c([N+](=O)[O-])c1. The van der Waals surface area contributed by atoms with Gasteiger partial charge in [-0.25, -0.2) is 4.90 Å². The Morgan fingerprint density at radius 2 is 1.72 bits per heavy atom. The molecule has 0 bridgehead atoms. The van der Waals surface area contributed by atoms with E-state index in [0.717, 1.165) is 23.3 Å².